The fraction of sp³-hybridized carbons (Fsp3) is 0.333. The molecule has 1 unspecified atom stereocenters. The summed E-state index contributed by atoms with van der Waals surface area (Å²) in [6.07, 6.45) is 5.68. The highest BCUT2D eigenvalue weighted by Crippen LogP contribution is 2.40. The number of benzene rings is 1. The van der Waals surface area contributed by atoms with Crippen molar-refractivity contribution in [1.82, 2.24) is 9.55 Å². The van der Waals surface area contributed by atoms with Gasteiger partial charge in [0, 0.05) is 12.1 Å². The fourth-order valence-electron chi connectivity index (χ4n) is 2.68. The molecule has 4 nitrogen and oxygen atoms in total. The Kier molecular flexibility index (Phi) is 2.42. The minimum absolute atomic E-state index is 0.0141. The van der Waals surface area contributed by atoms with E-state index in [1.54, 1.807) is 12.5 Å². The van der Waals surface area contributed by atoms with Crippen LogP contribution in [-0.4, -0.2) is 15.3 Å². The number of carbonyl (C=O) groups is 1. The Labute approximate surface area is 115 Å². The van der Waals surface area contributed by atoms with Crippen molar-refractivity contribution in [2.75, 3.05) is 0 Å². The lowest BCUT2D eigenvalue weighted by Gasteiger charge is -2.25. The first-order valence-corrected chi connectivity index (χ1v) is 6.73. The number of Topliss-reactive ketones (excluding diaryl/α,β-unsaturated/α-hetero) is 1. The zero-order chi connectivity index (χ0) is 13.7. The molecule has 1 aliphatic carbocycles. The molecule has 1 aliphatic heterocycles. The van der Waals surface area contributed by atoms with Crippen LogP contribution in [0, 0.1) is 5.82 Å². The van der Waals surface area contributed by atoms with Crippen LogP contribution < -0.4 is 4.74 Å². The molecular weight excluding hydrogens is 259 g/mol. The second-order valence-electron chi connectivity index (χ2n) is 5.33. The third-order valence-electron chi connectivity index (χ3n) is 3.85. The lowest BCUT2D eigenvalue weighted by molar-refractivity contribution is 0.0839. The molecule has 1 fully saturated rings. The molecule has 0 bridgehead atoms. The summed E-state index contributed by atoms with van der Waals surface area (Å²) in [5.41, 5.74) is 1.36. The van der Waals surface area contributed by atoms with Gasteiger partial charge in [0.05, 0.1) is 30.2 Å². The van der Waals surface area contributed by atoms with Crippen molar-refractivity contribution in [3.63, 3.8) is 0 Å². The average Bonchev–Trinajstić information content (AvgIpc) is 3.15. The molecule has 0 saturated heterocycles. The van der Waals surface area contributed by atoms with Gasteiger partial charge in [-0.1, -0.05) is 0 Å². The summed E-state index contributed by atoms with van der Waals surface area (Å²) in [4.78, 5) is 16.3. The quantitative estimate of drug-likeness (QED) is 0.844. The maximum absolute atomic E-state index is 13.3. The first-order valence-electron chi connectivity index (χ1n) is 6.73. The van der Waals surface area contributed by atoms with E-state index in [1.807, 2.05) is 0 Å². The monoisotopic (exact) mass is 272 g/mol. The predicted molar refractivity (Wildman–Crippen MR) is 69.2 cm³/mol. The van der Waals surface area contributed by atoms with Crippen LogP contribution >= 0.6 is 0 Å². The lowest BCUT2D eigenvalue weighted by Crippen LogP contribution is -2.22. The lowest BCUT2D eigenvalue weighted by atomic mass is 9.99. The number of nitrogens with zero attached hydrogens (tertiary/aromatic N) is 2. The maximum Gasteiger partial charge on any atom is 0.170 e. The Morgan fingerprint density at radius 3 is 3.00 bits per heavy atom. The maximum atomic E-state index is 13.3. The van der Waals surface area contributed by atoms with E-state index < -0.39 is 5.82 Å². The van der Waals surface area contributed by atoms with Crippen LogP contribution in [-0.2, 0) is 0 Å². The number of fused-ring (bicyclic) bond motifs is 1. The Hall–Kier alpha value is -2.17. The molecule has 0 spiro atoms. The van der Waals surface area contributed by atoms with E-state index in [4.69, 9.17) is 4.74 Å². The van der Waals surface area contributed by atoms with Crippen molar-refractivity contribution < 1.29 is 13.9 Å². The standard InChI is InChI=1S/C15H13FN2O2/c16-9-1-4-11-13(19)6-15(20-14(11)5-9)12-7-17-8-18(12)10-2-3-10/h1,4-5,7-8,10,15H,2-3,6H2. The minimum atomic E-state index is -0.395. The van der Waals surface area contributed by atoms with Crippen LogP contribution in [0.3, 0.4) is 0 Å². The minimum Gasteiger partial charge on any atom is -0.483 e. The van der Waals surface area contributed by atoms with Gasteiger partial charge in [-0.25, -0.2) is 9.37 Å². The molecule has 20 heavy (non-hydrogen) atoms. The number of rotatable bonds is 2. The fourth-order valence-corrected chi connectivity index (χ4v) is 2.68. The molecule has 102 valence electrons. The Balaban J connectivity index is 1.71. The molecule has 2 aromatic rings. The van der Waals surface area contributed by atoms with Crippen molar-refractivity contribution in [3.8, 4) is 5.75 Å². The van der Waals surface area contributed by atoms with E-state index in [9.17, 15) is 9.18 Å². The van der Waals surface area contributed by atoms with E-state index in [0.29, 0.717) is 17.4 Å². The molecule has 1 atom stereocenters. The van der Waals surface area contributed by atoms with Gasteiger partial charge in [0.1, 0.15) is 17.7 Å². The molecule has 5 heteroatoms. The average molecular weight is 272 g/mol. The highest BCUT2D eigenvalue weighted by molar-refractivity contribution is 5.99. The highest BCUT2D eigenvalue weighted by atomic mass is 19.1. The Morgan fingerprint density at radius 2 is 2.20 bits per heavy atom. The molecule has 2 heterocycles. The third kappa shape index (κ3) is 1.81. The van der Waals surface area contributed by atoms with E-state index >= 15 is 0 Å². The summed E-state index contributed by atoms with van der Waals surface area (Å²) in [5, 5.41) is 0. The number of hydrogen-bond donors (Lipinski definition) is 0. The number of imidazole rings is 1. The summed E-state index contributed by atoms with van der Waals surface area (Å²) >= 11 is 0. The van der Waals surface area contributed by atoms with Gasteiger partial charge < -0.3 is 9.30 Å². The van der Waals surface area contributed by atoms with E-state index in [0.717, 1.165) is 18.5 Å². The predicted octanol–water partition coefficient (Wildman–Crippen LogP) is 3.06. The number of ketones is 1. The molecular formula is C15H13FN2O2. The van der Waals surface area contributed by atoms with Crippen molar-refractivity contribution in [2.45, 2.75) is 31.4 Å². The van der Waals surface area contributed by atoms with Crippen LogP contribution in [0.5, 0.6) is 5.75 Å². The second kappa shape index (κ2) is 4.16. The van der Waals surface area contributed by atoms with Gasteiger partial charge in [0.15, 0.2) is 5.78 Å². The molecule has 0 N–H and O–H groups in total. The largest absolute Gasteiger partial charge is 0.483 e. The van der Waals surface area contributed by atoms with E-state index in [-0.39, 0.29) is 18.3 Å². The summed E-state index contributed by atoms with van der Waals surface area (Å²) < 4.78 is 21.2. The van der Waals surface area contributed by atoms with Gasteiger partial charge >= 0.3 is 0 Å². The summed E-state index contributed by atoms with van der Waals surface area (Å²) in [6.45, 7) is 0. The molecule has 4 rings (SSSR count). The van der Waals surface area contributed by atoms with E-state index in [2.05, 4.69) is 9.55 Å². The SMILES string of the molecule is O=C1CC(c2cncn2C2CC2)Oc2cc(F)ccc21. The van der Waals surface area contributed by atoms with Crippen molar-refractivity contribution in [3.05, 3.63) is 47.8 Å². The van der Waals surface area contributed by atoms with Crippen molar-refractivity contribution in [2.24, 2.45) is 0 Å². The van der Waals surface area contributed by atoms with Crippen LogP contribution in [0.2, 0.25) is 0 Å². The summed E-state index contributed by atoms with van der Waals surface area (Å²) in [6, 6.07) is 4.52. The second-order valence-corrected chi connectivity index (χ2v) is 5.33. The van der Waals surface area contributed by atoms with Gasteiger partial charge in [-0.05, 0) is 25.0 Å². The van der Waals surface area contributed by atoms with Crippen LogP contribution in [0.4, 0.5) is 4.39 Å². The van der Waals surface area contributed by atoms with Crippen LogP contribution in [0.15, 0.2) is 30.7 Å². The number of ether oxygens (including phenoxy) is 1. The molecule has 0 amide bonds. The zero-order valence-corrected chi connectivity index (χ0v) is 10.8. The van der Waals surface area contributed by atoms with Gasteiger partial charge in [0.25, 0.3) is 0 Å². The highest BCUT2D eigenvalue weighted by Gasteiger charge is 2.33. The van der Waals surface area contributed by atoms with Gasteiger partial charge in [-0.15, -0.1) is 0 Å². The zero-order valence-electron chi connectivity index (χ0n) is 10.8. The topological polar surface area (TPSA) is 44.1 Å². The smallest absolute Gasteiger partial charge is 0.170 e. The number of hydrogen-bond acceptors (Lipinski definition) is 3. The Morgan fingerprint density at radius 1 is 1.35 bits per heavy atom. The molecule has 1 saturated carbocycles. The first kappa shape index (κ1) is 11.6. The van der Waals surface area contributed by atoms with Gasteiger partial charge in [-0.3, -0.25) is 4.79 Å². The number of halogens is 1. The van der Waals surface area contributed by atoms with Gasteiger partial charge in [-0.2, -0.15) is 0 Å². The normalized spacial score (nSPS) is 21.4. The van der Waals surface area contributed by atoms with Crippen molar-refractivity contribution >= 4 is 5.78 Å². The molecule has 1 aromatic heterocycles. The molecule has 2 aliphatic rings. The number of aromatic nitrogens is 2. The Bertz CT molecular complexity index is 691. The molecule has 1 aromatic carbocycles. The van der Waals surface area contributed by atoms with Gasteiger partial charge in [0.2, 0.25) is 0 Å². The van der Waals surface area contributed by atoms with Crippen LogP contribution in [0.25, 0.3) is 0 Å². The first-order chi connectivity index (χ1) is 9.72. The third-order valence-corrected chi connectivity index (χ3v) is 3.85. The van der Waals surface area contributed by atoms with Crippen LogP contribution in [0.1, 0.15) is 47.5 Å². The van der Waals surface area contributed by atoms with E-state index in [1.165, 1.54) is 18.2 Å². The summed E-state index contributed by atoms with van der Waals surface area (Å²) in [5.74, 6) is -0.0810. The number of carbonyl (C=O) groups excluding carboxylic acids is 1. The summed E-state index contributed by atoms with van der Waals surface area (Å²) in [7, 11) is 0. The molecule has 0 radical (unpaired) electrons. The van der Waals surface area contributed by atoms with Crippen molar-refractivity contribution in [1.29, 1.82) is 0 Å².